The first-order valence-corrected chi connectivity index (χ1v) is 6.80. The maximum absolute atomic E-state index is 4.24. The molecular weight excluding hydrogens is 237 g/mol. The first-order valence-electron chi connectivity index (χ1n) is 5.98. The average molecular weight is 247 g/mol. The summed E-state index contributed by atoms with van der Waals surface area (Å²) in [6.07, 6.45) is 3.83. The van der Waals surface area contributed by atoms with E-state index in [9.17, 15) is 0 Å². The monoisotopic (exact) mass is 247 g/mol. The first kappa shape index (κ1) is 10.1. The van der Waals surface area contributed by atoms with Crippen LogP contribution in [-0.4, -0.2) is 12.8 Å². The zero-order valence-corrected chi connectivity index (χ0v) is 10.8. The van der Waals surface area contributed by atoms with E-state index in [2.05, 4.69) is 49.2 Å². The molecule has 0 amide bonds. The summed E-state index contributed by atoms with van der Waals surface area (Å²) in [6.45, 7) is 0. The number of thiophene rings is 1. The van der Waals surface area contributed by atoms with E-state index in [1.807, 2.05) is 23.7 Å². The number of nitrogens with zero attached hydrogens (tertiary/aromatic N) is 1. The van der Waals surface area contributed by atoms with Gasteiger partial charge in [-0.3, -0.25) is 4.98 Å². The van der Waals surface area contributed by atoms with Gasteiger partial charge in [0.15, 0.2) is 0 Å². The van der Waals surface area contributed by atoms with E-state index in [0.29, 0.717) is 0 Å². The number of aromatic nitrogens is 1. The van der Waals surface area contributed by atoms with Crippen molar-refractivity contribution in [3.8, 4) is 0 Å². The van der Waals surface area contributed by atoms with Gasteiger partial charge in [-0.05, 0) is 16.8 Å². The van der Waals surface area contributed by atoms with Crippen molar-refractivity contribution in [2.75, 3.05) is 0 Å². The van der Waals surface area contributed by atoms with Crippen molar-refractivity contribution < 1.29 is 0 Å². The largest absolute Gasteiger partial charge is 0.264 e. The van der Waals surface area contributed by atoms with Gasteiger partial charge in [0.05, 0.1) is 0 Å². The Morgan fingerprint density at radius 2 is 1.83 bits per heavy atom. The molecular formula is C15H10BNS. The lowest BCUT2D eigenvalue weighted by molar-refractivity contribution is 1.37. The molecule has 0 spiro atoms. The first-order chi connectivity index (χ1) is 8.83. The van der Waals surface area contributed by atoms with Crippen molar-refractivity contribution in [3.05, 3.63) is 48.8 Å². The molecule has 0 aliphatic rings. The summed E-state index contributed by atoms with van der Waals surface area (Å²) in [6, 6.07) is 13.2. The van der Waals surface area contributed by atoms with E-state index in [-0.39, 0.29) is 0 Å². The number of benzene rings is 2. The summed E-state index contributed by atoms with van der Waals surface area (Å²) in [5, 5.41) is 5.25. The quantitative estimate of drug-likeness (QED) is 0.435. The van der Waals surface area contributed by atoms with Crippen molar-refractivity contribution in [1.82, 2.24) is 4.98 Å². The van der Waals surface area contributed by atoms with Gasteiger partial charge >= 0.3 is 0 Å². The zero-order valence-electron chi connectivity index (χ0n) is 9.97. The van der Waals surface area contributed by atoms with Crippen molar-refractivity contribution in [2.45, 2.75) is 0 Å². The van der Waals surface area contributed by atoms with Crippen molar-refractivity contribution in [1.29, 1.82) is 0 Å². The van der Waals surface area contributed by atoms with E-state index in [4.69, 9.17) is 0 Å². The lowest BCUT2D eigenvalue weighted by atomic mass is 9.93. The van der Waals surface area contributed by atoms with Crippen LogP contribution in [0.25, 0.3) is 30.9 Å². The maximum atomic E-state index is 4.24. The highest BCUT2D eigenvalue weighted by Gasteiger charge is 2.07. The van der Waals surface area contributed by atoms with Crippen molar-refractivity contribution in [3.63, 3.8) is 0 Å². The molecule has 2 heterocycles. The van der Waals surface area contributed by atoms with Gasteiger partial charge in [-0.1, -0.05) is 35.8 Å². The highest BCUT2D eigenvalue weighted by atomic mass is 32.1. The molecule has 0 unspecified atom stereocenters. The van der Waals surface area contributed by atoms with E-state index in [0.717, 1.165) is 0 Å². The Morgan fingerprint density at radius 1 is 0.944 bits per heavy atom. The molecule has 0 aliphatic carbocycles. The molecule has 0 fully saturated rings. The van der Waals surface area contributed by atoms with Gasteiger partial charge in [0.25, 0.3) is 0 Å². The fourth-order valence-corrected chi connectivity index (χ4v) is 3.73. The van der Waals surface area contributed by atoms with Gasteiger partial charge in [-0.15, -0.1) is 11.3 Å². The normalized spacial score (nSPS) is 11.6. The SMILES string of the molecule is Bc1ccc2c(ccc3c4cnccc4sc23)c1. The number of pyridine rings is 1. The minimum atomic E-state index is 1.26. The zero-order chi connectivity index (χ0) is 12.1. The van der Waals surface area contributed by atoms with Crippen LogP contribution in [0.4, 0.5) is 0 Å². The molecule has 4 rings (SSSR count). The number of hydrogen-bond donors (Lipinski definition) is 0. The molecule has 0 atom stereocenters. The smallest absolute Gasteiger partial charge is 0.139 e. The number of rotatable bonds is 0. The fourth-order valence-electron chi connectivity index (χ4n) is 2.53. The Balaban J connectivity index is 2.28. The summed E-state index contributed by atoms with van der Waals surface area (Å²) in [5.41, 5.74) is 1.31. The van der Waals surface area contributed by atoms with E-state index in [1.165, 1.54) is 36.4 Å². The number of fused-ring (bicyclic) bond motifs is 5. The van der Waals surface area contributed by atoms with Crippen LogP contribution >= 0.6 is 11.3 Å². The van der Waals surface area contributed by atoms with Crippen LogP contribution in [0.2, 0.25) is 0 Å². The molecule has 0 saturated carbocycles. The second-order valence-corrected chi connectivity index (χ2v) is 5.69. The lowest BCUT2D eigenvalue weighted by Crippen LogP contribution is -1.99. The standard InChI is InChI=1S/C15H10BNS/c16-10-2-4-11-9(7-10)1-3-12-13-8-17-6-5-14(13)18-15(11)12/h1-8H,16H2. The molecule has 1 nitrogen and oxygen atoms in total. The van der Waals surface area contributed by atoms with Gasteiger partial charge in [-0.25, -0.2) is 0 Å². The van der Waals surface area contributed by atoms with Gasteiger partial charge in [0.1, 0.15) is 7.85 Å². The molecule has 0 aliphatic heterocycles. The Kier molecular flexibility index (Phi) is 2.00. The molecule has 18 heavy (non-hydrogen) atoms. The third-order valence-electron chi connectivity index (χ3n) is 3.41. The van der Waals surface area contributed by atoms with E-state index < -0.39 is 0 Å². The molecule has 0 saturated heterocycles. The van der Waals surface area contributed by atoms with Crippen LogP contribution in [-0.2, 0) is 0 Å². The van der Waals surface area contributed by atoms with Crippen LogP contribution in [0.15, 0.2) is 48.8 Å². The van der Waals surface area contributed by atoms with Gasteiger partial charge < -0.3 is 0 Å². The minimum Gasteiger partial charge on any atom is -0.264 e. The Morgan fingerprint density at radius 3 is 2.78 bits per heavy atom. The molecule has 4 aromatic rings. The minimum absolute atomic E-state index is 1.26. The maximum Gasteiger partial charge on any atom is 0.139 e. The highest BCUT2D eigenvalue weighted by Crippen LogP contribution is 2.37. The fraction of sp³-hybridized carbons (Fsp3) is 0. The predicted molar refractivity (Wildman–Crippen MR) is 82.8 cm³/mol. The summed E-state index contributed by atoms with van der Waals surface area (Å²) in [4.78, 5) is 4.24. The second-order valence-electron chi connectivity index (χ2n) is 4.64. The Bertz CT molecular complexity index is 895. The van der Waals surface area contributed by atoms with Crippen molar-refractivity contribution >= 4 is 55.6 Å². The summed E-state index contributed by atoms with van der Waals surface area (Å²) in [5.74, 6) is 0. The van der Waals surface area contributed by atoms with Crippen LogP contribution in [0, 0.1) is 0 Å². The summed E-state index contributed by atoms with van der Waals surface area (Å²) >= 11 is 1.86. The predicted octanol–water partition coefficient (Wildman–Crippen LogP) is 2.86. The molecule has 2 aromatic carbocycles. The average Bonchev–Trinajstić information content (AvgIpc) is 2.77. The highest BCUT2D eigenvalue weighted by molar-refractivity contribution is 7.26. The third kappa shape index (κ3) is 1.31. The second kappa shape index (κ2) is 3.56. The van der Waals surface area contributed by atoms with Crippen molar-refractivity contribution in [2.24, 2.45) is 0 Å². The summed E-state index contributed by atoms with van der Waals surface area (Å²) < 4.78 is 2.68. The van der Waals surface area contributed by atoms with E-state index in [1.54, 1.807) is 0 Å². The lowest BCUT2D eigenvalue weighted by Gasteiger charge is -2.01. The molecule has 0 N–H and O–H groups in total. The van der Waals surface area contributed by atoms with Crippen LogP contribution in [0.1, 0.15) is 0 Å². The Labute approximate surface area is 109 Å². The van der Waals surface area contributed by atoms with Gasteiger partial charge in [0, 0.05) is 32.6 Å². The van der Waals surface area contributed by atoms with Crippen LogP contribution < -0.4 is 5.46 Å². The van der Waals surface area contributed by atoms with Gasteiger partial charge in [-0.2, -0.15) is 0 Å². The molecule has 2 aromatic heterocycles. The third-order valence-corrected chi connectivity index (χ3v) is 4.63. The van der Waals surface area contributed by atoms with Gasteiger partial charge in [0.2, 0.25) is 0 Å². The van der Waals surface area contributed by atoms with Crippen LogP contribution in [0.3, 0.4) is 0 Å². The molecule has 3 heteroatoms. The molecule has 0 bridgehead atoms. The molecule has 84 valence electrons. The topological polar surface area (TPSA) is 12.9 Å². The molecule has 0 radical (unpaired) electrons. The summed E-state index contributed by atoms with van der Waals surface area (Å²) in [7, 11) is 2.14. The van der Waals surface area contributed by atoms with Crippen LogP contribution in [0.5, 0.6) is 0 Å². The van der Waals surface area contributed by atoms with E-state index >= 15 is 0 Å². The Hall–Kier alpha value is -1.87. The number of hydrogen-bond acceptors (Lipinski definition) is 2.